The predicted octanol–water partition coefficient (Wildman–Crippen LogP) is 2.58. The van der Waals surface area contributed by atoms with Crippen LogP contribution < -0.4 is 10.6 Å². The number of nitrogens with zero attached hydrogens (tertiary/aromatic N) is 1. The number of carbonyl (C=O) groups is 1. The monoisotopic (exact) mass is 273 g/mol. The number of hydrogen-bond donors (Lipinski definition) is 2. The molecule has 0 aliphatic rings. The molecule has 0 spiro atoms. The van der Waals surface area contributed by atoms with Crippen LogP contribution in [-0.4, -0.2) is 17.4 Å². The first-order valence-electron chi connectivity index (χ1n) is 6.41. The largest absolute Gasteiger partial charge is 0.384 e. The second-order valence-electron chi connectivity index (χ2n) is 4.28. The minimum absolute atomic E-state index is 0.271. The number of benzene rings is 1. The third-order valence-electron chi connectivity index (χ3n) is 2.72. The number of pyridine rings is 1. The molecule has 2 aromatic rings. The van der Waals surface area contributed by atoms with Crippen molar-refractivity contribution in [2.24, 2.45) is 0 Å². The Hall–Kier alpha value is -2.43. The van der Waals surface area contributed by atoms with Gasteiger partial charge in [-0.1, -0.05) is 12.1 Å². The molecule has 4 nitrogen and oxygen atoms in total. The maximum Gasteiger partial charge on any atom is 0.270 e. The van der Waals surface area contributed by atoms with Gasteiger partial charge in [-0.25, -0.2) is 9.37 Å². The van der Waals surface area contributed by atoms with Crippen LogP contribution in [0, 0.1) is 5.82 Å². The van der Waals surface area contributed by atoms with E-state index in [-0.39, 0.29) is 18.3 Å². The van der Waals surface area contributed by atoms with Gasteiger partial charge < -0.3 is 10.6 Å². The van der Waals surface area contributed by atoms with Crippen molar-refractivity contribution >= 4 is 11.6 Å². The molecule has 0 fully saturated rings. The zero-order chi connectivity index (χ0) is 14.4. The Kier molecular flexibility index (Phi) is 4.65. The Bertz CT molecular complexity index is 584. The summed E-state index contributed by atoms with van der Waals surface area (Å²) < 4.78 is 13.0. The SMILES string of the molecule is CCNc1ccc(C(=O)NCc2cccc(F)c2)nc1. The Labute approximate surface area is 117 Å². The van der Waals surface area contributed by atoms with Gasteiger partial charge in [-0.15, -0.1) is 0 Å². The highest BCUT2D eigenvalue weighted by Crippen LogP contribution is 2.06. The van der Waals surface area contributed by atoms with E-state index in [2.05, 4.69) is 15.6 Å². The van der Waals surface area contributed by atoms with Gasteiger partial charge in [0.15, 0.2) is 0 Å². The fraction of sp³-hybridized carbons (Fsp3) is 0.200. The van der Waals surface area contributed by atoms with Gasteiger partial charge in [-0.3, -0.25) is 4.79 Å². The van der Waals surface area contributed by atoms with Crippen LogP contribution in [0.4, 0.5) is 10.1 Å². The van der Waals surface area contributed by atoms with Crippen LogP contribution in [0.3, 0.4) is 0 Å². The van der Waals surface area contributed by atoms with Crippen molar-refractivity contribution in [2.75, 3.05) is 11.9 Å². The molecule has 1 aromatic heterocycles. The van der Waals surface area contributed by atoms with Gasteiger partial charge in [0.05, 0.1) is 11.9 Å². The van der Waals surface area contributed by atoms with Crippen LogP contribution in [0.1, 0.15) is 23.0 Å². The minimum atomic E-state index is -0.315. The summed E-state index contributed by atoms with van der Waals surface area (Å²) in [5.74, 6) is -0.595. The number of amides is 1. The lowest BCUT2D eigenvalue weighted by Gasteiger charge is -2.06. The first-order chi connectivity index (χ1) is 9.69. The van der Waals surface area contributed by atoms with Gasteiger partial charge in [0.25, 0.3) is 5.91 Å². The van der Waals surface area contributed by atoms with Crippen LogP contribution in [0.5, 0.6) is 0 Å². The molecule has 2 N–H and O–H groups in total. The van der Waals surface area contributed by atoms with Crippen LogP contribution in [0.2, 0.25) is 0 Å². The summed E-state index contributed by atoms with van der Waals surface area (Å²) in [5.41, 5.74) is 1.92. The summed E-state index contributed by atoms with van der Waals surface area (Å²) in [6.45, 7) is 3.06. The fourth-order valence-electron chi connectivity index (χ4n) is 1.76. The van der Waals surface area contributed by atoms with Crippen LogP contribution >= 0.6 is 0 Å². The van der Waals surface area contributed by atoms with E-state index in [0.717, 1.165) is 12.2 Å². The van der Waals surface area contributed by atoms with Crippen molar-refractivity contribution in [1.29, 1.82) is 0 Å². The number of halogens is 1. The smallest absolute Gasteiger partial charge is 0.270 e. The fourth-order valence-corrected chi connectivity index (χ4v) is 1.76. The first-order valence-corrected chi connectivity index (χ1v) is 6.41. The van der Waals surface area contributed by atoms with Crippen molar-refractivity contribution in [3.63, 3.8) is 0 Å². The number of nitrogens with one attached hydrogen (secondary N) is 2. The summed E-state index contributed by atoms with van der Waals surface area (Å²) in [4.78, 5) is 16.0. The minimum Gasteiger partial charge on any atom is -0.384 e. The van der Waals surface area contributed by atoms with E-state index < -0.39 is 0 Å². The van der Waals surface area contributed by atoms with E-state index in [4.69, 9.17) is 0 Å². The average molecular weight is 273 g/mol. The molecule has 20 heavy (non-hydrogen) atoms. The molecule has 0 aliphatic heterocycles. The highest BCUT2D eigenvalue weighted by molar-refractivity contribution is 5.92. The molecular formula is C15H16FN3O. The molecule has 104 valence electrons. The maximum atomic E-state index is 13.0. The third-order valence-corrected chi connectivity index (χ3v) is 2.72. The topological polar surface area (TPSA) is 54.0 Å². The van der Waals surface area contributed by atoms with Gasteiger partial charge in [-0.05, 0) is 36.8 Å². The van der Waals surface area contributed by atoms with Crippen LogP contribution in [-0.2, 0) is 6.54 Å². The van der Waals surface area contributed by atoms with Crippen molar-refractivity contribution in [2.45, 2.75) is 13.5 Å². The zero-order valence-corrected chi connectivity index (χ0v) is 11.2. The second-order valence-corrected chi connectivity index (χ2v) is 4.28. The van der Waals surface area contributed by atoms with E-state index >= 15 is 0 Å². The Morgan fingerprint density at radius 3 is 2.80 bits per heavy atom. The molecule has 1 heterocycles. The molecular weight excluding hydrogens is 257 g/mol. The lowest BCUT2D eigenvalue weighted by atomic mass is 10.2. The number of anilines is 1. The number of aromatic nitrogens is 1. The molecule has 0 radical (unpaired) electrons. The lowest BCUT2D eigenvalue weighted by Crippen LogP contribution is -2.23. The van der Waals surface area contributed by atoms with Crippen molar-refractivity contribution < 1.29 is 9.18 Å². The normalized spacial score (nSPS) is 10.1. The third kappa shape index (κ3) is 3.78. The molecule has 0 saturated heterocycles. The van der Waals surface area contributed by atoms with Crippen molar-refractivity contribution in [3.05, 3.63) is 59.7 Å². The quantitative estimate of drug-likeness (QED) is 0.880. The second kappa shape index (κ2) is 6.65. The van der Waals surface area contributed by atoms with E-state index in [0.29, 0.717) is 11.3 Å². The molecule has 0 unspecified atom stereocenters. The highest BCUT2D eigenvalue weighted by atomic mass is 19.1. The summed E-state index contributed by atoms with van der Waals surface area (Å²) in [6, 6.07) is 9.58. The number of carbonyl (C=O) groups excluding carboxylic acids is 1. The summed E-state index contributed by atoms with van der Waals surface area (Å²) in [7, 11) is 0. The Balaban J connectivity index is 1.94. The Morgan fingerprint density at radius 2 is 2.15 bits per heavy atom. The van der Waals surface area contributed by atoms with Crippen LogP contribution in [0.25, 0.3) is 0 Å². The van der Waals surface area contributed by atoms with E-state index in [1.54, 1.807) is 30.5 Å². The van der Waals surface area contributed by atoms with E-state index in [1.807, 2.05) is 6.92 Å². The molecule has 5 heteroatoms. The van der Waals surface area contributed by atoms with Crippen molar-refractivity contribution in [3.8, 4) is 0 Å². The van der Waals surface area contributed by atoms with Crippen LogP contribution in [0.15, 0.2) is 42.6 Å². The predicted molar refractivity (Wildman–Crippen MR) is 76.0 cm³/mol. The average Bonchev–Trinajstić information content (AvgIpc) is 2.46. The van der Waals surface area contributed by atoms with Gasteiger partial charge >= 0.3 is 0 Å². The van der Waals surface area contributed by atoms with Gasteiger partial charge in [0.2, 0.25) is 0 Å². The first kappa shape index (κ1) is 14.0. The standard InChI is InChI=1S/C15H16FN3O/c1-2-17-13-6-7-14(18-10-13)15(20)19-9-11-4-3-5-12(16)8-11/h3-8,10,17H,2,9H2,1H3,(H,19,20). The molecule has 0 saturated carbocycles. The van der Waals surface area contributed by atoms with Gasteiger partial charge in [0.1, 0.15) is 11.5 Å². The number of rotatable bonds is 5. The molecule has 0 bridgehead atoms. The zero-order valence-electron chi connectivity index (χ0n) is 11.2. The molecule has 2 rings (SSSR count). The summed E-state index contributed by atoms with van der Waals surface area (Å²) in [5, 5.41) is 5.81. The molecule has 1 amide bonds. The van der Waals surface area contributed by atoms with E-state index in [1.165, 1.54) is 12.1 Å². The Morgan fingerprint density at radius 1 is 1.30 bits per heavy atom. The van der Waals surface area contributed by atoms with Crippen molar-refractivity contribution in [1.82, 2.24) is 10.3 Å². The van der Waals surface area contributed by atoms with Gasteiger partial charge in [0, 0.05) is 13.1 Å². The molecule has 0 atom stereocenters. The summed E-state index contributed by atoms with van der Waals surface area (Å²) >= 11 is 0. The summed E-state index contributed by atoms with van der Waals surface area (Å²) in [6.07, 6.45) is 1.61. The lowest BCUT2D eigenvalue weighted by molar-refractivity contribution is 0.0946. The molecule has 0 aliphatic carbocycles. The number of hydrogen-bond acceptors (Lipinski definition) is 3. The molecule has 1 aromatic carbocycles. The highest BCUT2D eigenvalue weighted by Gasteiger charge is 2.06. The van der Waals surface area contributed by atoms with Gasteiger partial charge in [-0.2, -0.15) is 0 Å². The van der Waals surface area contributed by atoms with E-state index in [9.17, 15) is 9.18 Å². The maximum absolute atomic E-state index is 13.0.